The number of anilines is 1. The molecule has 1 aromatic heterocycles. The fourth-order valence-electron chi connectivity index (χ4n) is 6.12. The molecule has 4 saturated heterocycles. The van der Waals surface area contributed by atoms with Gasteiger partial charge in [-0.3, -0.25) is 9.59 Å². The van der Waals surface area contributed by atoms with E-state index in [1.165, 1.54) is 25.7 Å². The number of rotatable bonds is 5. The molecule has 0 saturated carbocycles. The van der Waals surface area contributed by atoms with Crippen LogP contribution in [0.4, 0.5) is 5.82 Å². The molecule has 2 unspecified atom stereocenters. The fraction of sp³-hybridized carbons (Fsp3) is 0.708. The Morgan fingerprint density at radius 2 is 1.97 bits per heavy atom. The zero-order valence-electron chi connectivity index (χ0n) is 18.5. The molecule has 31 heavy (non-hydrogen) atoms. The lowest BCUT2D eigenvalue weighted by Gasteiger charge is -2.52. The first-order valence-electron chi connectivity index (χ1n) is 12.2. The van der Waals surface area contributed by atoms with Crippen LogP contribution in [-0.2, 0) is 4.79 Å². The Balaban J connectivity index is 1.16. The van der Waals surface area contributed by atoms with E-state index in [-0.39, 0.29) is 5.91 Å². The number of hydrogen-bond acceptors (Lipinski definition) is 5. The van der Waals surface area contributed by atoms with Crippen LogP contribution in [-0.4, -0.2) is 78.5 Å². The molecule has 1 N–H and O–H groups in total. The molecule has 1 aromatic rings. The van der Waals surface area contributed by atoms with Crippen LogP contribution in [0.2, 0.25) is 0 Å². The summed E-state index contributed by atoms with van der Waals surface area (Å²) in [5, 5.41) is 3.04. The maximum Gasteiger partial charge on any atom is 0.252 e. The van der Waals surface area contributed by atoms with Gasteiger partial charge in [-0.25, -0.2) is 4.98 Å². The lowest BCUT2D eigenvalue weighted by atomic mass is 9.76. The minimum absolute atomic E-state index is 0.0390. The van der Waals surface area contributed by atoms with Gasteiger partial charge in [-0.05, 0) is 69.2 Å². The van der Waals surface area contributed by atoms with Crippen molar-refractivity contribution in [2.45, 2.75) is 51.0 Å². The summed E-state index contributed by atoms with van der Waals surface area (Å²) in [5.41, 5.74) is 0.628. The van der Waals surface area contributed by atoms with Crippen LogP contribution in [0.5, 0.6) is 0 Å². The highest BCUT2D eigenvalue weighted by Crippen LogP contribution is 2.38. The van der Waals surface area contributed by atoms with Crippen molar-refractivity contribution in [2.24, 2.45) is 11.8 Å². The van der Waals surface area contributed by atoms with Crippen LogP contribution < -0.4 is 10.2 Å². The van der Waals surface area contributed by atoms with E-state index in [9.17, 15) is 9.59 Å². The van der Waals surface area contributed by atoms with Crippen LogP contribution in [0.1, 0.15) is 55.3 Å². The highest BCUT2D eigenvalue weighted by atomic mass is 16.2. The molecule has 5 heterocycles. The molecule has 5 rings (SSSR count). The topological polar surface area (TPSA) is 68.8 Å². The maximum absolute atomic E-state index is 12.5. The fourth-order valence-corrected chi connectivity index (χ4v) is 6.12. The van der Waals surface area contributed by atoms with Gasteiger partial charge in [-0.1, -0.05) is 6.42 Å². The molecule has 168 valence electrons. The molecule has 4 aliphatic heterocycles. The van der Waals surface area contributed by atoms with Gasteiger partial charge in [-0.2, -0.15) is 0 Å². The second-order valence-electron chi connectivity index (χ2n) is 9.84. The van der Waals surface area contributed by atoms with Gasteiger partial charge in [0.15, 0.2) is 0 Å². The Kier molecular flexibility index (Phi) is 6.12. The van der Waals surface area contributed by atoms with Gasteiger partial charge in [0, 0.05) is 51.4 Å². The van der Waals surface area contributed by atoms with Crippen LogP contribution >= 0.6 is 0 Å². The number of fused-ring (bicyclic) bond motifs is 4. The van der Waals surface area contributed by atoms with E-state index in [1.54, 1.807) is 6.20 Å². The van der Waals surface area contributed by atoms with Crippen LogP contribution in [0.3, 0.4) is 0 Å². The van der Waals surface area contributed by atoms with Crippen molar-refractivity contribution in [1.82, 2.24) is 20.1 Å². The summed E-state index contributed by atoms with van der Waals surface area (Å²) in [5.74, 6) is 2.33. The quantitative estimate of drug-likeness (QED) is 0.783. The standard InChI is InChI=1S/C24H35N5O2/c30-23-6-4-5-21-20-13-18(16-29(21)23)15-28(17-20)22-8-7-19(14-26-22)24(31)25-9-12-27-10-2-1-3-11-27/h7-8,14,18,20-21H,1-6,9-13,15-17H2,(H,25,31)/t18?,20?,21-/m1/s1. The maximum atomic E-state index is 12.5. The molecule has 0 spiro atoms. The highest BCUT2D eigenvalue weighted by Gasteiger charge is 2.44. The zero-order valence-corrected chi connectivity index (χ0v) is 18.5. The first-order valence-corrected chi connectivity index (χ1v) is 12.2. The van der Waals surface area contributed by atoms with Gasteiger partial charge in [-0.15, -0.1) is 0 Å². The number of aromatic nitrogens is 1. The Hall–Kier alpha value is -2.15. The van der Waals surface area contributed by atoms with E-state index in [4.69, 9.17) is 0 Å². The summed E-state index contributed by atoms with van der Waals surface area (Å²) in [7, 11) is 0. The number of likely N-dealkylation sites (tertiary alicyclic amines) is 1. The summed E-state index contributed by atoms with van der Waals surface area (Å²) in [6.07, 6.45) is 9.70. The largest absolute Gasteiger partial charge is 0.356 e. The van der Waals surface area contributed by atoms with Crippen LogP contribution in [0.25, 0.3) is 0 Å². The molecule has 0 aliphatic carbocycles. The first kappa shape index (κ1) is 20.7. The second kappa shape index (κ2) is 9.15. The molecule has 3 atom stereocenters. The minimum atomic E-state index is -0.0390. The van der Waals surface area contributed by atoms with Gasteiger partial charge in [0.2, 0.25) is 5.91 Å². The molecule has 2 bridgehead atoms. The molecule has 0 radical (unpaired) electrons. The zero-order chi connectivity index (χ0) is 21.2. The summed E-state index contributed by atoms with van der Waals surface area (Å²) >= 11 is 0. The van der Waals surface area contributed by atoms with Crippen molar-refractivity contribution >= 4 is 17.6 Å². The second-order valence-corrected chi connectivity index (χ2v) is 9.84. The number of carbonyl (C=O) groups excluding carboxylic acids is 2. The monoisotopic (exact) mass is 425 g/mol. The SMILES string of the molecule is O=C(NCCN1CCCCC1)c1ccc(N2CC3CC(C2)[C@H]2CCCC(=O)N2C3)nc1. The Bertz CT molecular complexity index is 792. The Morgan fingerprint density at radius 1 is 1.10 bits per heavy atom. The molecule has 7 nitrogen and oxygen atoms in total. The minimum Gasteiger partial charge on any atom is -0.356 e. The summed E-state index contributed by atoms with van der Waals surface area (Å²) in [6, 6.07) is 4.30. The first-order chi connectivity index (χ1) is 15.2. The van der Waals surface area contributed by atoms with E-state index in [0.717, 1.165) is 64.3 Å². The van der Waals surface area contributed by atoms with Crippen LogP contribution in [0.15, 0.2) is 18.3 Å². The van der Waals surface area contributed by atoms with E-state index >= 15 is 0 Å². The van der Waals surface area contributed by atoms with Crippen molar-refractivity contribution in [3.8, 4) is 0 Å². The highest BCUT2D eigenvalue weighted by molar-refractivity contribution is 5.94. The van der Waals surface area contributed by atoms with E-state index in [1.807, 2.05) is 12.1 Å². The number of carbonyl (C=O) groups is 2. The average molecular weight is 426 g/mol. The molecular formula is C24H35N5O2. The van der Waals surface area contributed by atoms with Crippen molar-refractivity contribution in [1.29, 1.82) is 0 Å². The lowest BCUT2D eigenvalue weighted by molar-refractivity contribution is -0.142. The third-order valence-corrected chi connectivity index (χ3v) is 7.68. The molecule has 0 aromatic carbocycles. The molecule has 4 fully saturated rings. The smallest absolute Gasteiger partial charge is 0.252 e. The Morgan fingerprint density at radius 3 is 2.77 bits per heavy atom. The Labute approximate surface area is 185 Å². The van der Waals surface area contributed by atoms with Gasteiger partial charge in [0.1, 0.15) is 5.82 Å². The van der Waals surface area contributed by atoms with Gasteiger partial charge in [0.05, 0.1) is 5.56 Å². The summed E-state index contributed by atoms with van der Waals surface area (Å²) < 4.78 is 0. The number of nitrogens with one attached hydrogen (secondary N) is 1. The van der Waals surface area contributed by atoms with E-state index in [2.05, 4.69) is 25.0 Å². The number of pyridine rings is 1. The average Bonchev–Trinajstić information content (AvgIpc) is 2.80. The predicted octanol–water partition coefficient (Wildman–Crippen LogP) is 2.13. The third kappa shape index (κ3) is 4.56. The number of piperidine rings is 4. The van der Waals surface area contributed by atoms with Gasteiger partial charge < -0.3 is 20.0 Å². The lowest BCUT2D eigenvalue weighted by Crippen LogP contribution is -2.60. The van der Waals surface area contributed by atoms with Crippen molar-refractivity contribution in [3.63, 3.8) is 0 Å². The number of amides is 2. The predicted molar refractivity (Wildman–Crippen MR) is 120 cm³/mol. The normalized spacial score (nSPS) is 28.9. The molecular weight excluding hydrogens is 390 g/mol. The molecule has 4 aliphatic rings. The third-order valence-electron chi connectivity index (χ3n) is 7.68. The van der Waals surface area contributed by atoms with Crippen LogP contribution in [0, 0.1) is 11.8 Å². The van der Waals surface area contributed by atoms with Crippen molar-refractivity contribution in [3.05, 3.63) is 23.9 Å². The van der Waals surface area contributed by atoms with Gasteiger partial charge in [0.25, 0.3) is 5.91 Å². The molecule has 2 amide bonds. The van der Waals surface area contributed by atoms with E-state index < -0.39 is 0 Å². The van der Waals surface area contributed by atoms with E-state index in [0.29, 0.717) is 35.9 Å². The van der Waals surface area contributed by atoms with Crippen molar-refractivity contribution in [2.75, 3.05) is 50.7 Å². The number of hydrogen-bond donors (Lipinski definition) is 1. The number of nitrogens with zero attached hydrogens (tertiary/aromatic N) is 4. The summed E-state index contributed by atoms with van der Waals surface area (Å²) in [4.78, 5) is 36.4. The molecule has 7 heteroatoms. The van der Waals surface area contributed by atoms with Crippen molar-refractivity contribution < 1.29 is 9.59 Å². The summed E-state index contributed by atoms with van der Waals surface area (Å²) in [6.45, 7) is 6.71. The van der Waals surface area contributed by atoms with Gasteiger partial charge >= 0.3 is 0 Å².